The number of hydroxylamine groups is 1. The number of imide groups is 1. The predicted octanol–water partition coefficient (Wildman–Crippen LogP) is 4.23. The summed E-state index contributed by atoms with van der Waals surface area (Å²) in [4.78, 5) is 34.3. The van der Waals surface area contributed by atoms with Crippen LogP contribution in [-0.2, 0) is 14.4 Å². The smallest absolute Gasteiger partial charge is 0.266 e. The number of fused-ring (bicyclic) bond motifs is 1. The molecule has 5 rings (SSSR count). The Labute approximate surface area is 191 Å². The standard InChI is InChI=1S/C26H24N2O5/c1-2-16-32-21-14-10-18(11-15-21)27-25(30)22-23(17-8-12-20(29)13-9-17)28(33-24(22)26(27)31)19-6-4-3-5-7-19/h3-15,22-24,29H,2,16H2,1H3/t22-,23-,24+/m1/s1. The van der Waals surface area contributed by atoms with E-state index >= 15 is 0 Å². The second-order valence-corrected chi connectivity index (χ2v) is 8.10. The first-order valence-electron chi connectivity index (χ1n) is 11.0. The summed E-state index contributed by atoms with van der Waals surface area (Å²) in [5, 5.41) is 11.4. The molecule has 0 unspecified atom stereocenters. The second kappa shape index (κ2) is 8.60. The molecule has 2 saturated heterocycles. The van der Waals surface area contributed by atoms with Gasteiger partial charge in [0.25, 0.3) is 5.91 Å². The number of benzene rings is 3. The minimum Gasteiger partial charge on any atom is -0.508 e. The molecule has 33 heavy (non-hydrogen) atoms. The van der Waals surface area contributed by atoms with E-state index in [1.54, 1.807) is 53.6 Å². The molecule has 0 saturated carbocycles. The maximum Gasteiger partial charge on any atom is 0.266 e. The SMILES string of the molecule is CCCOc1ccc(N2C(=O)[C@H]3[C@H](ON(c4ccccc4)[C@@H]3c3ccc(O)cc3)C2=O)cc1. The largest absolute Gasteiger partial charge is 0.508 e. The van der Waals surface area contributed by atoms with Crippen LogP contribution in [0.1, 0.15) is 24.9 Å². The van der Waals surface area contributed by atoms with Gasteiger partial charge >= 0.3 is 0 Å². The molecule has 2 aliphatic rings. The number of nitrogens with zero attached hydrogens (tertiary/aromatic N) is 2. The third-order valence-corrected chi connectivity index (χ3v) is 5.93. The summed E-state index contributed by atoms with van der Waals surface area (Å²) in [6.45, 7) is 2.63. The molecule has 0 bridgehead atoms. The number of hydrogen-bond acceptors (Lipinski definition) is 6. The fraction of sp³-hybridized carbons (Fsp3) is 0.231. The van der Waals surface area contributed by atoms with Gasteiger partial charge in [0.05, 0.1) is 24.0 Å². The van der Waals surface area contributed by atoms with E-state index < -0.39 is 24.0 Å². The van der Waals surface area contributed by atoms with Gasteiger partial charge in [0.2, 0.25) is 5.91 Å². The molecule has 7 heteroatoms. The fourth-order valence-electron chi connectivity index (χ4n) is 4.39. The van der Waals surface area contributed by atoms with Crippen molar-refractivity contribution < 1.29 is 24.3 Å². The first-order valence-corrected chi connectivity index (χ1v) is 11.0. The number of ether oxygens (including phenoxy) is 1. The van der Waals surface area contributed by atoms with Crippen molar-refractivity contribution in [3.05, 3.63) is 84.4 Å². The number of carbonyl (C=O) groups is 2. The number of phenolic OH excluding ortho intramolecular Hbond substituents is 1. The normalized spacial score (nSPS) is 22.0. The molecule has 168 valence electrons. The van der Waals surface area contributed by atoms with Crippen LogP contribution in [0.3, 0.4) is 0 Å². The molecule has 0 aromatic heterocycles. The van der Waals surface area contributed by atoms with Crippen LogP contribution in [0.2, 0.25) is 0 Å². The van der Waals surface area contributed by atoms with Gasteiger partial charge in [0, 0.05) is 0 Å². The average Bonchev–Trinajstić information content (AvgIpc) is 3.35. The quantitative estimate of drug-likeness (QED) is 0.573. The second-order valence-electron chi connectivity index (χ2n) is 8.10. The van der Waals surface area contributed by atoms with E-state index in [1.165, 1.54) is 4.90 Å². The van der Waals surface area contributed by atoms with Crippen molar-refractivity contribution in [3.63, 3.8) is 0 Å². The number of hydrogen-bond donors (Lipinski definition) is 1. The lowest BCUT2D eigenvalue weighted by Crippen LogP contribution is -2.37. The number of amides is 2. The van der Waals surface area contributed by atoms with Crippen LogP contribution in [0.15, 0.2) is 78.9 Å². The first kappa shape index (κ1) is 21.0. The number of para-hydroxylation sites is 1. The maximum absolute atomic E-state index is 13.6. The third kappa shape index (κ3) is 3.70. The summed E-state index contributed by atoms with van der Waals surface area (Å²) in [7, 11) is 0. The zero-order valence-corrected chi connectivity index (χ0v) is 18.1. The van der Waals surface area contributed by atoms with Crippen molar-refractivity contribution in [2.75, 3.05) is 16.6 Å². The van der Waals surface area contributed by atoms with Crippen molar-refractivity contribution in [1.29, 1.82) is 0 Å². The highest BCUT2D eigenvalue weighted by atomic mass is 16.7. The lowest BCUT2D eigenvalue weighted by molar-refractivity contribution is -0.126. The van der Waals surface area contributed by atoms with Crippen LogP contribution in [0.5, 0.6) is 11.5 Å². The fourth-order valence-corrected chi connectivity index (χ4v) is 4.39. The molecular weight excluding hydrogens is 420 g/mol. The van der Waals surface area contributed by atoms with Crippen molar-refractivity contribution in [3.8, 4) is 11.5 Å². The number of anilines is 2. The van der Waals surface area contributed by atoms with Crippen LogP contribution in [0.25, 0.3) is 0 Å². The first-order chi connectivity index (χ1) is 16.1. The molecule has 1 N–H and O–H groups in total. The number of aromatic hydroxyl groups is 1. The Kier molecular flexibility index (Phi) is 5.48. The number of carbonyl (C=O) groups excluding carboxylic acids is 2. The zero-order valence-electron chi connectivity index (χ0n) is 18.1. The van der Waals surface area contributed by atoms with Crippen LogP contribution >= 0.6 is 0 Å². The van der Waals surface area contributed by atoms with Crippen molar-refractivity contribution in [2.24, 2.45) is 5.92 Å². The van der Waals surface area contributed by atoms with Gasteiger partial charge in [0.1, 0.15) is 17.4 Å². The van der Waals surface area contributed by atoms with Gasteiger partial charge < -0.3 is 9.84 Å². The number of phenols is 1. The van der Waals surface area contributed by atoms with Gasteiger partial charge in [-0.15, -0.1) is 0 Å². The summed E-state index contributed by atoms with van der Waals surface area (Å²) < 4.78 is 5.61. The molecular formula is C26H24N2O5. The van der Waals surface area contributed by atoms with Gasteiger partial charge in [0.15, 0.2) is 6.10 Å². The zero-order chi connectivity index (χ0) is 22.9. The van der Waals surface area contributed by atoms with Crippen LogP contribution in [-0.4, -0.2) is 29.6 Å². The Hall–Kier alpha value is -3.84. The van der Waals surface area contributed by atoms with Gasteiger partial charge in [-0.2, -0.15) is 0 Å². The molecule has 7 nitrogen and oxygen atoms in total. The lowest BCUT2D eigenvalue weighted by atomic mass is 9.90. The van der Waals surface area contributed by atoms with Crippen molar-refractivity contribution in [1.82, 2.24) is 0 Å². The molecule has 0 radical (unpaired) electrons. The van der Waals surface area contributed by atoms with Gasteiger partial charge in [-0.05, 0) is 60.5 Å². The molecule has 3 aromatic rings. The highest BCUT2D eigenvalue weighted by molar-refractivity contribution is 6.23. The molecule has 3 atom stereocenters. The molecule has 2 fully saturated rings. The van der Waals surface area contributed by atoms with Crippen LogP contribution in [0.4, 0.5) is 11.4 Å². The van der Waals surface area contributed by atoms with Gasteiger partial charge in [-0.25, -0.2) is 9.96 Å². The summed E-state index contributed by atoms with van der Waals surface area (Å²) >= 11 is 0. The Morgan fingerprint density at radius 3 is 2.24 bits per heavy atom. The Bertz CT molecular complexity index is 1150. The monoisotopic (exact) mass is 444 g/mol. The van der Waals surface area contributed by atoms with Crippen molar-refractivity contribution >= 4 is 23.2 Å². The molecule has 0 aliphatic carbocycles. The highest BCUT2D eigenvalue weighted by Gasteiger charge is 2.60. The maximum atomic E-state index is 13.6. The van der Waals surface area contributed by atoms with E-state index in [0.29, 0.717) is 18.0 Å². The molecule has 3 aromatic carbocycles. The summed E-state index contributed by atoms with van der Waals surface area (Å²) in [6.07, 6.45) is -0.0465. The molecule has 2 amide bonds. The highest BCUT2D eigenvalue weighted by Crippen LogP contribution is 2.47. The average molecular weight is 444 g/mol. The molecule has 2 aliphatic heterocycles. The molecule has 0 spiro atoms. The summed E-state index contributed by atoms with van der Waals surface area (Å²) in [6, 6.07) is 22.4. The van der Waals surface area contributed by atoms with E-state index in [-0.39, 0.29) is 11.7 Å². The van der Waals surface area contributed by atoms with E-state index in [4.69, 9.17) is 9.57 Å². The minimum absolute atomic E-state index is 0.126. The lowest BCUT2D eigenvalue weighted by Gasteiger charge is -2.28. The molecule has 2 heterocycles. The van der Waals surface area contributed by atoms with E-state index in [9.17, 15) is 14.7 Å². The Balaban J connectivity index is 1.49. The van der Waals surface area contributed by atoms with Gasteiger partial charge in [-0.3, -0.25) is 14.4 Å². The predicted molar refractivity (Wildman–Crippen MR) is 123 cm³/mol. The number of rotatable bonds is 6. The Morgan fingerprint density at radius 1 is 0.879 bits per heavy atom. The minimum atomic E-state index is -0.937. The topological polar surface area (TPSA) is 79.3 Å². The third-order valence-electron chi connectivity index (χ3n) is 5.93. The Morgan fingerprint density at radius 2 is 1.58 bits per heavy atom. The summed E-state index contributed by atoms with van der Waals surface area (Å²) in [5.74, 6) is -0.619. The van der Waals surface area contributed by atoms with Crippen LogP contribution < -0.4 is 14.7 Å². The van der Waals surface area contributed by atoms with Gasteiger partial charge in [-0.1, -0.05) is 37.3 Å². The van der Waals surface area contributed by atoms with E-state index in [1.807, 2.05) is 37.3 Å². The van der Waals surface area contributed by atoms with Crippen molar-refractivity contribution in [2.45, 2.75) is 25.5 Å². The summed E-state index contributed by atoms with van der Waals surface area (Å²) in [5.41, 5.74) is 2.01. The van der Waals surface area contributed by atoms with E-state index in [0.717, 1.165) is 17.7 Å². The van der Waals surface area contributed by atoms with Crippen LogP contribution in [0, 0.1) is 5.92 Å². The van der Waals surface area contributed by atoms with E-state index in [2.05, 4.69) is 0 Å².